The number of anilines is 1. The van der Waals surface area contributed by atoms with Crippen molar-refractivity contribution in [2.75, 3.05) is 23.7 Å². The highest BCUT2D eigenvalue weighted by Crippen LogP contribution is 2.24. The van der Waals surface area contributed by atoms with Crippen molar-refractivity contribution in [1.82, 2.24) is 10.2 Å². The van der Waals surface area contributed by atoms with Crippen LogP contribution in [0.3, 0.4) is 0 Å². The Morgan fingerprint density at radius 3 is 2.27 bits per heavy atom. The molecule has 0 aliphatic rings. The van der Waals surface area contributed by atoms with Crippen molar-refractivity contribution in [3.63, 3.8) is 0 Å². The number of hydrogen-bond acceptors (Lipinski definition) is 4. The van der Waals surface area contributed by atoms with E-state index in [0.29, 0.717) is 18.7 Å². The summed E-state index contributed by atoms with van der Waals surface area (Å²) in [5, 5.41) is 2.82. The van der Waals surface area contributed by atoms with Crippen LogP contribution in [0, 0.1) is 0 Å². The van der Waals surface area contributed by atoms with Crippen molar-refractivity contribution >= 4 is 43.5 Å². The van der Waals surface area contributed by atoms with Crippen molar-refractivity contribution in [3.05, 3.63) is 64.1 Å². The Morgan fingerprint density at radius 2 is 1.70 bits per heavy atom. The molecule has 0 saturated carbocycles. The lowest BCUT2D eigenvalue weighted by Gasteiger charge is -2.32. The largest absolute Gasteiger partial charge is 0.354 e. The molecule has 0 bridgehead atoms. The first-order chi connectivity index (χ1) is 15.6. The van der Waals surface area contributed by atoms with Gasteiger partial charge in [0.2, 0.25) is 21.8 Å². The molecule has 0 spiro atoms. The van der Waals surface area contributed by atoms with Gasteiger partial charge in [0.1, 0.15) is 12.6 Å². The van der Waals surface area contributed by atoms with Crippen LogP contribution in [0.15, 0.2) is 53.0 Å². The van der Waals surface area contributed by atoms with Crippen molar-refractivity contribution in [2.24, 2.45) is 0 Å². The van der Waals surface area contributed by atoms with E-state index in [-0.39, 0.29) is 12.5 Å². The molecule has 7 nitrogen and oxygen atoms in total. The molecule has 0 heterocycles. The van der Waals surface area contributed by atoms with Gasteiger partial charge in [0.25, 0.3) is 0 Å². The average Bonchev–Trinajstić information content (AvgIpc) is 2.79. The molecule has 0 radical (unpaired) electrons. The molecule has 1 atom stereocenters. The summed E-state index contributed by atoms with van der Waals surface area (Å²) in [6, 6.07) is 13.8. The van der Waals surface area contributed by atoms with Crippen molar-refractivity contribution in [3.8, 4) is 0 Å². The topological polar surface area (TPSA) is 86.8 Å². The predicted molar refractivity (Wildman–Crippen MR) is 135 cm³/mol. The second-order valence-corrected chi connectivity index (χ2v) is 10.7. The Morgan fingerprint density at radius 1 is 1.06 bits per heavy atom. The number of carbonyl (C=O) groups is 2. The lowest BCUT2D eigenvalue weighted by Crippen LogP contribution is -2.51. The van der Waals surface area contributed by atoms with Gasteiger partial charge in [-0.15, -0.1) is 0 Å². The second-order valence-electron chi connectivity index (χ2n) is 7.87. The van der Waals surface area contributed by atoms with E-state index in [1.807, 2.05) is 50.2 Å². The van der Waals surface area contributed by atoms with Gasteiger partial charge in [-0.25, -0.2) is 8.42 Å². The number of aryl methyl sites for hydroxylation is 1. The van der Waals surface area contributed by atoms with Gasteiger partial charge in [0.05, 0.1) is 11.9 Å². The SMILES string of the molecule is CCCNC(=O)[C@H](C)N(Cc1ccc(Br)cc1)C(=O)CN(c1ccccc1CC)S(C)(=O)=O. The maximum Gasteiger partial charge on any atom is 0.244 e. The summed E-state index contributed by atoms with van der Waals surface area (Å²) in [6.07, 6.45) is 2.48. The molecule has 9 heteroatoms. The fourth-order valence-corrected chi connectivity index (χ4v) is 4.56. The highest BCUT2D eigenvalue weighted by Gasteiger charge is 2.30. The van der Waals surface area contributed by atoms with E-state index in [1.54, 1.807) is 19.1 Å². The lowest BCUT2D eigenvalue weighted by molar-refractivity contribution is -0.139. The molecule has 2 aromatic carbocycles. The highest BCUT2D eigenvalue weighted by atomic mass is 79.9. The molecule has 180 valence electrons. The Hall–Kier alpha value is -2.39. The van der Waals surface area contributed by atoms with Crippen molar-refractivity contribution in [1.29, 1.82) is 0 Å². The van der Waals surface area contributed by atoms with Crippen molar-refractivity contribution in [2.45, 2.75) is 46.2 Å². The Kier molecular flexibility index (Phi) is 9.91. The third-order valence-electron chi connectivity index (χ3n) is 5.30. The lowest BCUT2D eigenvalue weighted by atomic mass is 10.1. The molecule has 2 amide bonds. The van der Waals surface area contributed by atoms with Gasteiger partial charge < -0.3 is 10.2 Å². The van der Waals surface area contributed by atoms with Crippen LogP contribution in [0.5, 0.6) is 0 Å². The molecule has 0 aromatic heterocycles. The Labute approximate surface area is 205 Å². The van der Waals surface area contributed by atoms with Crippen LogP contribution in [0.25, 0.3) is 0 Å². The molecule has 0 aliphatic carbocycles. The van der Waals surface area contributed by atoms with Crippen LogP contribution >= 0.6 is 15.9 Å². The molecular formula is C24H32BrN3O4S. The number of halogens is 1. The van der Waals surface area contributed by atoms with Gasteiger partial charge in [-0.3, -0.25) is 13.9 Å². The zero-order chi connectivity index (χ0) is 24.6. The van der Waals surface area contributed by atoms with Crippen LogP contribution < -0.4 is 9.62 Å². The standard InChI is InChI=1S/C24H32BrN3O4S/c1-5-15-26-24(30)18(3)27(16-19-11-13-21(25)14-12-19)23(29)17-28(33(4,31)32)22-10-8-7-9-20(22)6-2/h7-14,18H,5-6,15-17H2,1-4H3,(H,26,30)/t18-/m0/s1. The quantitative estimate of drug-likeness (QED) is 0.473. The summed E-state index contributed by atoms with van der Waals surface area (Å²) in [5.74, 6) is -0.726. The van der Waals surface area contributed by atoms with E-state index >= 15 is 0 Å². The van der Waals surface area contributed by atoms with Gasteiger partial charge in [-0.2, -0.15) is 0 Å². The fraction of sp³-hybridized carbons (Fsp3) is 0.417. The van der Waals surface area contributed by atoms with Crippen LogP contribution in [0.4, 0.5) is 5.69 Å². The van der Waals surface area contributed by atoms with Crippen molar-refractivity contribution < 1.29 is 18.0 Å². The number of nitrogens with zero attached hydrogens (tertiary/aromatic N) is 2. The monoisotopic (exact) mass is 537 g/mol. The molecule has 1 N–H and O–H groups in total. The van der Waals surface area contributed by atoms with Gasteiger partial charge in [-0.1, -0.05) is 60.1 Å². The zero-order valence-corrected chi connectivity index (χ0v) is 21.9. The van der Waals surface area contributed by atoms with Gasteiger partial charge in [-0.05, 0) is 49.1 Å². The second kappa shape index (κ2) is 12.2. The number of hydrogen-bond donors (Lipinski definition) is 1. The summed E-state index contributed by atoms with van der Waals surface area (Å²) >= 11 is 3.40. The number of sulfonamides is 1. The molecule has 33 heavy (non-hydrogen) atoms. The average molecular weight is 539 g/mol. The summed E-state index contributed by atoms with van der Waals surface area (Å²) in [7, 11) is -3.74. The number of carbonyl (C=O) groups excluding carboxylic acids is 2. The number of para-hydroxylation sites is 1. The summed E-state index contributed by atoms with van der Waals surface area (Å²) in [6.45, 7) is 5.83. The third-order valence-corrected chi connectivity index (χ3v) is 6.96. The summed E-state index contributed by atoms with van der Waals surface area (Å²) in [4.78, 5) is 27.6. The van der Waals surface area contributed by atoms with E-state index in [4.69, 9.17) is 0 Å². The number of rotatable bonds is 11. The first-order valence-electron chi connectivity index (χ1n) is 11.0. The van der Waals surface area contributed by atoms with Crippen LogP contribution in [0.1, 0.15) is 38.3 Å². The van der Waals surface area contributed by atoms with Gasteiger partial charge in [0.15, 0.2) is 0 Å². The number of nitrogens with one attached hydrogen (secondary N) is 1. The van der Waals surface area contributed by atoms with Crippen LogP contribution in [-0.2, 0) is 32.6 Å². The third kappa shape index (κ3) is 7.57. The first-order valence-corrected chi connectivity index (χ1v) is 13.6. The number of benzene rings is 2. The van der Waals surface area contributed by atoms with Crippen LogP contribution in [-0.4, -0.2) is 50.5 Å². The van der Waals surface area contributed by atoms with E-state index in [9.17, 15) is 18.0 Å². The predicted octanol–water partition coefficient (Wildman–Crippen LogP) is 3.72. The van der Waals surface area contributed by atoms with E-state index < -0.39 is 28.5 Å². The maximum absolute atomic E-state index is 13.5. The minimum absolute atomic E-state index is 0.180. The highest BCUT2D eigenvalue weighted by molar-refractivity contribution is 9.10. The molecule has 0 unspecified atom stereocenters. The van der Waals surface area contributed by atoms with E-state index in [2.05, 4.69) is 21.2 Å². The molecule has 0 aliphatic heterocycles. The van der Waals surface area contributed by atoms with Gasteiger partial charge in [0, 0.05) is 17.6 Å². The summed E-state index contributed by atoms with van der Waals surface area (Å²) in [5.41, 5.74) is 2.13. The molecule has 0 fully saturated rings. The zero-order valence-electron chi connectivity index (χ0n) is 19.5. The Balaban J connectivity index is 2.39. The minimum Gasteiger partial charge on any atom is -0.354 e. The number of amides is 2. The summed E-state index contributed by atoms with van der Waals surface area (Å²) < 4.78 is 27.4. The molecule has 2 rings (SSSR count). The van der Waals surface area contributed by atoms with E-state index in [1.165, 1.54) is 4.90 Å². The molecule has 0 saturated heterocycles. The molecular weight excluding hydrogens is 506 g/mol. The maximum atomic E-state index is 13.5. The van der Waals surface area contributed by atoms with Crippen LogP contribution in [0.2, 0.25) is 0 Å². The Bertz CT molecular complexity index is 1060. The normalized spacial score (nSPS) is 12.2. The smallest absolute Gasteiger partial charge is 0.244 e. The van der Waals surface area contributed by atoms with Gasteiger partial charge >= 0.3 is 0 Å². The fourth-order valence-electron chi connectivity index (χ4n) is 3.41. The first kappa shape index (κ1) is 26.9. The molecule has 2 aromatic rings. The minimum atomic E-state index is -3.74. The van der Waals surface area contributed by atoms with E-state index in [0.717, 1.165) is 32.6 Å².